The van der Waals surface area contributed by atoms with Gasteiger partial charge in [0.05, 0.1) is 0 Å². The molecular weight excluding hydrogens is 330 g/mol. The summed E-state index contributed by atoms with van der Waals surface area (Å²) in [6.45, 7) is 3.44. The van der Waals surface area contributed by atoms with Crippen LogP contribution in [0.5, 0.6) is 0 Å². The molecule has 0 unspecified atom stereocenters. The van der Waals surface area contributed by atoms with Crippen molar-refractivity contribution in [3.05, 3.63) is 106 Å². The Kier molecular flexibility index (Phi) is 5.54. The molecule has 0 heterocycles. The average molecular weight is 353 g/mol. The maximum absolute atomic E-state index is 11.5. The predicted octanol–water partition coefficient (Wildman–Crippen LogP) is 3.65. The molecule has 3 N–H and O–H groups in total. The van der Waals surface area contributed by atoms with Crippen LogP contribution in [0.1, 0.15) is 22.3 Å². The van der Waals surface area contributed by atoms with E-state index in [1.807, 2.05) is 54.6 Å². The van der Waals surface area contributed by atoms with Gasteiger partial charge in [0.1, 0.15) is 13.1 Å². The van der Waals surface area contributed by atoms with Gasteiger partial charge in [-0.05, 0) is 30.2 Å². The van der Waals surface area contributed by atoms with E-state index in [9.17, 15) is 5.11 Å². The number of benzene rings is 3. The SMILES string of the molecule is Cc1ccc(C[NH2+]C[C@](O)(c2ccccc2)c2ccc(Cl)cc2)cc1. The molecule has 0 saturated heterocycles. The van der Waals surface area contributed by atoms with E-state index in [4.69, 9.17) is 11.6 Å². The normalized spacial score (nSPS) is 13.4. The number of hydrogen-bond acceptors (Lipinski definition) is 1. The Hall–Kier alpha value is -2.13. The number of aliphatic hydroxyl groups is 1. The van der Waals surface area contributed by atoms with E-state index in [1.54, 1.807) is 0 Å². The third-order valence-electron chi connectivity index (χ3n) is 4.51. The van der Waals surface area contributed by atoms with Crippen LogP contribution in [0.3, 0.4) is 0 Å². The summed E-state index contributed by atoms with van der Waals surface area (Å²) in [4.78, 5) is 0. The molecule has 3 aromatic rings. The fourth-order valence-electron chi connectivity index (χ4n) is 3.01. The molecule has 0 aromatic heterocycles. The van der Waals surface area contributed by atoms with Crippen LogP contribution < -0.4 is 5.32 Å². The van der Waals surface area contributed by atoms with Crippen LogP contribution in [0.25, 0.3) is 0 Å². The minimum Gasteiger partial charge on any atom is -0.375 e. The van der Waals surface area contributed by atoms with Crippen molar-refractivity contribution in [3.8, 4) is 0 Å². The summed E-state index contributed by atoms with van der Waals surface area (Å²) in [7, 11) is 0. The van der Waals surface area contributed by atoms with E-state index in [0.29, 0.717) is 11.6 Å². The maximum Gasteiger partial charge on any atom is 0.163 e. The van der Waals surface area contributed by atoms with Crippen molar-refractivity contribution < 1.29 is 10.4 Å². The van der Waals surface area contributed by atoms with Crippen LogP contribution in [-0.2, 0) is 12.1 Å². The zero-order valence-electron chi connectivity index (χ0n) is 14.3. The number of halogens is 1. The van der Waals surface area contributed by atoms with Gasteiger partial charge in [0, 0.05) is 10.6 Å². The van der Waals surface area contributed by atoms with Crippen molar-refractivity contribution in [3.63, 3.8) is 0 Å². The number of nitrogens with two attached hydrogens (primary N) is 1. The monoisotopic (exact) mass is 352 g/mol. The van der Waals surface area contributed by atoms with E-state index < -0.39 is 5.60 Å². The average Bonchev–Trinajstić information content (AvgIpc) is 2.64. The fourth-order valence-corrected chi connectivity index (χ4v) is 3.14. The zero-order chi connectivity index (χ0) is 17.7. The lowest BCUT2D eigenvalue weighted by atomic mass is 9.86. The molecule has 0 bridgehead atoms. The lowest BCUT2D eigenvalue weighted by Gasteiger charge is -2.28. The van der Waals surface area contributed by atoms with E-state index in [1.165, 1.54) is 11.1 Å². The zero-order valence-corrected chi connectivity index (χ0v) is 15.1. The topological polar surface area (TPSA) is 36.8 Å². The first-order chi connectivity index (χ1) is 12.1. The molecule has 3 rings (SSSR count). The number of aryl methyl sites for hydroxylation is 1. The Balaban J connectivity index is 1.81. The van der Waals surface area contributed by atoms with E-state index in [0.717, 1.165) is 17.7 Å². The van der Waals surface area contributed by atoms with Crippen molar-refractivity contribution in [2.75, 3.05) is 6.54 Å². The van der Waals surface area contributed by atoms with Crippen LogP contribution >= 0.6 is 11.6 Å². The van der Waals surface area contributed by atoms with Crippen molar-refractivity contribution in [1.29, 1.82) is 0 Å². The summed E-state index contributed by atoms with van der Waals surface area (Å²) in [5, 5.41) is 14.3. The highest BCUT2D eigenvalue weighted by Crippen LogP contribution is 2.29. The lowest BCUT2D eigenvalue weighted by molar-refractivity contribution is -0.682. The molecule has 25 heavy (non-hydrogen) atoms. The molecule has 0 saturated carbocycles. The minimum atomic E-state index is -1.06. The maximum atomic E-state index is 11.5. The standard InChI is InChI=1S/C22H22ClNO/c1-17-7-9-18(10-8-17)15-24-16-22(25,19-5-3-2-4-6-19)20-11-13-21(23)14-12-20/h2-14,24-25H,15-16H2,1H3/p+1/t22-/m0/s1. The summed E-state index contributed by atoms with van der Waals surface area (Å²) in [6.07, 6.45) is 0. The molecule has 2 nitrogen and oxygen atoms in total. The molecular formula is C22H23ClNO+. The second-order valence-electron chi connectivity index (χ2n) is 6.42. The molecule has 0 spiro atoms. The molecule has 0 aliphatic heterocycles. The van der Waals surface area contributed by atoms with Crippen LogP contribution in [0.4, 0.5) is 0 Å². The fraction of sp³-hybridized carbons (Fsp3) is 0.182. The Labute approximate surface area is 154 Å². The smallest absolute Gasteiger partial charge is 0.163 e. The van der Waals surface area contributed by atoms with Gasteiger partial charge < -0.3 is 10.4 Å². The lowest BCUT2D eigenvalue weighted by Crippen LogP contribution is -2.86. The Bertz CT molecular complexity index is 800. The second kappa shape index (κ2) is 7.83. The van der Waals surface area contributed by atoms with Gasteiger partial charge >= 0.3 is 0 Å². The second-order valence-corrected chi connectivity index (χ2v) is 6.85. The summed E-state index contributed by atoms with van der Waals surface area (Å²) in [5.74, 6) is 0. The highest BCUT2D eigenvalue weighted by Gasteiger charge is 2.33. The van der Waals surface area contributed by atoms with Crippen LogP contribution in [0.15, 0.2) is 78.9 Å². The number of rotatable bonds is 6. The molecule has 128 valence electrons. The van der Waals surface area contributed by atoms with Gasteiger partial charge in [0.2, 0.25) is 0 Å². The first-order valence-corrected chi connectivity index (χ1v) is 8.87. The third kappa shape index (κ3) is 4.29. The highest BCUT2D eigenvalue weighted by molar-refractivity contribution is 6.30. The van der Waals surface area contributed by atoms with Crippen molar-refractivity contribution in [1.82, 2.24) is 0 Å². The van der Waals surface area contributed by atoms with Gasteiger partial charge in [-0.15, -0.1) is 0 Å². The summed E-state index contributed by atoms with van der Waals surface area (Å²) in [5.41, 5.74) is 3.18. The van der Waals surface area contributed by atoms with E-state index >= 15 is 0 Å². The number of hydrogen-bond donors (Lipinski definition) is 2. The molecule has 0 amide bonds. The van der Waals surface area contributed by atoms with Gasteiger partial charge in [-0.25, -0.2) is 0 Å². The summed E-state index contributed by atoms with van der Waals surface area (Å²) < 4.78 is 0. The van der Waals surface area contributed by atoms with E-state index in [-0.39, 0.29) is 0 Å². The van der Waals surface area contributed by atoms with Crippen LogP contribution in [0, 0.1) is 6.92 Å². The van der Waals surface area contributed by atoms with Gasteiger partial charge in [0.15, 0.2) is 5.60 Å². The van der Waals surface area contributed by atoms with Crippen LogP contribution in [0.2, 0.25) is 5.02 Å². The molecule has 0 aliphatic carbocycles. The molecule has 3 heteroatoms. The largest absolute Gasteiger partial charge is 0.375 e. The van der Waals surface area contributed by atoms with Gasteiger partial charge in [-0.2, -0.15) is 0 Å². The first kappa shape index (κ1) is 17.7. The molecule has 0 aliphatic rings. The van der Waals surface area contributed by atoms with Crippen LogP contribution in [-0.4, -0.2) is 11.7 Å². The van der Waals surface area contributed by atoms with Crippen molar-refractivity contribution >= 4 is 11.6 Å². The molecule has 0 fully saturated rings. The number of quaternary nitrogens is 1. The van der Waals surface area contributed by atoms with Gasteiger partial charge in [-0.1, -0.05) is 83.9 Å². The van der Waals surface area contributed by atoms with Gasteiger partial charge in [0.25, 0.3) is 0 Å². The third-order valence-corrected chi connectivity index (χ3v) is 4.77. The van der Waals surface area contributed by atoms with E-state index in [2.05, 4.69) is 36.5 Å². The summed E-state index contributed by atoms with van der Waals surface area (Å²) in [6, 6.07) is 25.7. The molecule has 1 atom stereocenters. The molecule has 3 aromatic carbocycles. The first-order valence-electron chi connectivity index (χ1n) is 8.49. The van der Waals surface area contributed by atoms with Crippen molar-refractivity contribution in [2.24, 2.45) is 0 Å². The Morgan fingerprint density at radius 2 is 1.44 bits per heavy atom. The summed E-state index contributed by atoms with van der Waals surface area (Å²) >= 11 is 6.02. The quantitative estimate of drug-likeness (QED) is 0.698. The Morgan fingerprint density at radius 3 is 2.08 bits per heavy atom. The van der Waals surface area contributed by atoms with Gasteiger partial charge in [-0.3, -0.25) is 0 Å². The predicted molar refractivity (Wildman–Crippen MR) is 103 cm³/mol. The minimum absolute atomic E-state index is 0.534. The van der Waals surface area contributed by atoms with Crippen molar-refractivity contribution in [2.45, 2.75) is 19.1 Å². The highest BCUT2D eigenvalue weighted by atomic mass is 35.5. The Morgan fingerprint density at radius 1 is 0.840 bits per heavy atom. The molecule has 0 radical (unpaired) electrons.